The minimum atomic E-state index is -0.0312. The monoisotopic (exact) mass is 365 g/mol. The Balaban J connectivity index is 1.33. The maximum Gasteiger partial charge on any atom is 0.217 e. The van der Waals surface area contributed by atoms with E-state index in [9.17, 15) is 4.79 Å². The normalized spacial score (nSPS) is 15.4. The van der Waals surface area contributed by atoms with Gasteiger partial charge in [0.15, 0.2) is 11.5 Å². The average Bonchev–Trinajstić information content (AvgIpc) is 2.96. The first-order chi connectivity index (χ1) is 13.0. The smallest absolute Gasteiger partial charge is 0.217 e. The highest BCUT2D eigenvalue weighted by atomic mass is 16.5. The minimum absolute atomic E-state index is 0.00849. The summed E-state index contributed by atoms with van der Waals surface area (Å²) in [5.41, 5.74) is 3.90. The summed E-state index contributed by atoms with van der Waals surface area (Å²) in [5, 5.41) is 2.88. The molecule has 0 spiro atoms. The fraction of sp³-hybridized carbons (Fsp3) is 0.333. The van der Waals surface area contributed by atoms with Gasteiger partial charge in [0.05, 0.1) is 19.1 Å². The second-order valence-electron chi connectivity index (χ2n) is 7.02. The fourth-order valence-electron chi connectivity index (χ4n) is 3.37. The second-order valence-corrected chi connectivity index (χ2v) is 7.02. The molecule has 27 heavy (non-hydrogen) atoms. The molecule has 0 saturated carbocycles. The van der Waals surface area contributed by atoms with Gasteiger partial charge in [-0.2, -0.15) is 0 Å². The highest BCUT2D eigenvalue weighted by Gasteiger charge is 2.29. The predicted molar refractivity (Wildman–Crippen MR) is 104 cm³/mol. The number of carbonyl (C=O) groups is 1. The number of aryl methyl sites for hydroxylation is 1. The molecule has 1 saturated heterocycles. The van der Waals surface area contributed by atoms with E-state index in [0.29, 0.717) is 5.89 Å². The van der Waals surface area contributed by atoms with Gasteiger partial charge in [-0.05, 0) is 42.8 Å². The number of nitrogens with zero attached hydrogens (tertiary/aromatic N) is 2. The summed E-state index contributed by atoms with van der Waals surface area (Å²) in [5.74, 6) is 1.50. The van der Waals surface area contributed by atoms with Crippen LogP contribution < -0.4 is 15.0 Å². The molecule has 1 aromatic heterocycles. The van der Waals surface area contributed by atoms with Crippen LogP contribution in [0, 0.1) is 6.92 Å². The molecule has 1 N–H and O–H groups in total. The van der Waals surface area contributed by atoms with Crippen LogP contribution in [0.1, 0.15) is 31.3 Å². The fourth-order valence-corrected chi connectivity index (χ4v) is 3.37. The van der Waals surface area contributed by atoms with Crippen LogP contribution in [0.25, 0.3) is 11.1 Å². The third-order valence-electron chi connectivity index (χ3n) is 4.79. The average molecular weight is 365 g/mol. The van der Waals surface area contributed by atoms with Crippen LogP contribution in [0.3, 0.4) is 0 Å². The SMILES string of the molecule is CC(=O)N[C@@H](C)c1ccc(OC2CN(c3ccc4oc(C)nc4c3)C2)cc1. The number of nitrogens with one attached hydrogen (secondary N) is 1. The van der Waals surface area contributed by atoms with Crippen molar-refractivity contribution in [1.29, 1.82) is 0 Å². The Bertz CT molecular complexity index is 958. The zero-order valence-corrected chi connectivity index (χ0v) is 15.7. The summed E-state index contributed by atoms with van der Waals surface area (Å²) < 4.78 is 11.6. The number of ether oxygens (including phenoxy) is 1. The van der Waals surface area contributed by atoms with Gasteiger partial charge in [0.2, 0.25) is 5.91 Å². The van der Waals surface area contributed by atoms with Crippen molar-refractivity contribution >= 4 is 22.7 Å². The zero-order chi connectivity index (χ0) is 19.0. The molecule has 3 aromatic rings. The number of anilines is 1. The van der Waals surface area contributed by atoms with Crippen molar-refractivity contribution in [3.05, 3.63) is 53.9 Å². The van der Waals surface area contributed by atoms with E-state index >= 15 is 0 Å². The third-order valence-corrected chi connectivity index (χ3v) is 4.79. The molecule has 0 radical (unpaired) electrons. The van der Waals surface area contributed by atoms with Crippen molar-refractivity contribution in [3.63, 3.8) is 0 Å². The lowest BCUT2D eigenvalue weighted by molar-refractivity contribution is -0.119. The lowest BCUT2D eigenvalue weighted by Gasteiger charge is -2.40. The van der Waals surface area contributed by atoms with E-state index < -0.39 is 0 Å². The quantitative estimate of drug-likeness (QED) is 0.748. The Morgan fingerprint density at radius 2 is 2.00 bits per heavy atom. The molecule has 2 heterocycles. The Labute approximate surface area is 158 Å². The molecule has 4 rings (SSSR count). The van der Waals surface area contributed by atoms with Gasteiger partial charge in [-0.15, -0.1) is 0 Å². The van der Waals surface area contributed by atoms with Gasteiger partial charge in [0.1, 0.15) is 17.4 Å². The van der Waals surface area contributed by atoms with Crippen LogP contribution in [-0.2, 0) is 4.79 Å². The molecule has 1 atom stereocenters. The van der Waals surface area contributed by atoms with Gasteiger partial charge in [-0.3, -0.25) is 4.79 Å². The Kier molecular flexibility index (Phi) is 4.48. The van der Waals surface area contributed by atoms with Gasteiger partial charge in [-0.25, -0.2) is 4.98 Å². The Morgan fingerprint density at radius 1 is 1.26 bits per heavy atom. The van der Waals surface area contributed by atoms with Crippen molar-refractivity contribution in [2.75, 3.05) is 18.0 Å². The molecule has 1 amide bonds. The second kappa shape index (κ2) is 6.95. The third kappa shape index (κ3) is 3.74. The molecular weight excluding hydrogens is 342 g/mol. The number of aromatic nitrogens is 1. The van der Waals surface area contributed by atoms with Gasteiger partial charge < -0.3 is 19.4 Å². The lowest BCUT2D eigenvalue weighted by Crippen LogP contribution is -2.54. The molecule has 1 aliphatic heterocycles. The summed E-state index contributed by atoms with van der Waals surface area (Å²) >= 11 is 0. The van der Waals surface area contributed by atoms with Crippen molar-refractivity contribution in [2.24, 2.45) is 0 Å². The molecule has 6 heteroatoms. The van der Waals surface area contributed by atoms with E-state index in [1.807, 2.05) is 44.2 Å². The van der Waals surface area contributed by atoms with Crippen molar-refractivity contribution in [3.8, 4) is 5.75 Å². The molecule has 0 unspecified atom stereocenters. The van der Waals surface area contributed by atoms with Crippen LogP contribution in [0.2, 0.25) is 0 Å². The lowest BCUT2D eigenvalue weighted by atomic mass is 10.1. The first-order valence-electron chi connectivity index (χ1n) is 9.14. The topological polar surface area (TPSA) is 67.6 Å². The number of hydrogen-bond donors (Lipinski definition) is 1. The highest BCUT2D eigenvalue weighted by Crippen LogP contribution is 2.28. The van der Waals surface area contributed by atoms with Crippen LogP contribution >= 0.6 is 0 Å². The first kappa shape index (κ1) is 17.4. The summed E-state index contributed by atoms with van der Waals surface area (Å²) in [6, 6.07) is 14.0. The van der Waals surface area contributed by atoms with Crippen LogP contribution in [0.15, 0.2) is 46.9 Å². The van der Waals surface area contributed by atoms with Gasteiger partial charge in [-0.1, -0.05) is 12.1 Å². The molecule has 1 fully saturated rings. The number of fused-ring (bicyclic) bond motifs is 1. The Hall–Kier alpha value is -3.02. The maximum atomic E-state index is 11.2. The predicted octanol–water partition coefficient (Wildman–Crippen LogP) is 3.60. The van der Waals surface area contributed by atoms with E-state index in [2.05, 4.69) is 27.3 Å². The van der Waals surface area contributed by atoms with Crippen LogP contribution in [0.5, 0.6) is 5.75 Å². The number of amides is 1. The van der Waals surface area contributed by atoms with Crippen molar-refractivity contribution in [2.45, 2.75) is 32.9 Å². The van der Waals surface area contributed by atoms with E-state index in [0.717, 1.165) is 41.2 Å². The molecule has 1 aliphatic rings. The van der Waals surface area contributed by atoms with E-state index in [4.69, 9.17) is 9.15 Å². The molecule has 0 bridgehead atoms. The highest BCUT2D eigenvalue weighted by molar-refractivity contribution is 5.78. The molecule has 0 aliphatic carbocycles. The standard InChI is InChI=1S/C21H23N3O3/c1-13(22-14(2)25)16-4-7-18(8-5-16)27-19-11-24(12-19)17-6-9-21-20(10-17)23-15(3)26-21/h4-10,13,19H,11-12H2,1-3H3,(H,22,25)/t13-/m0/s1. The molecular formula is C21H23N3O3. The first-order valence-corrected chi connectivity index (χ1v) is 9.14. The van der Waals surface area contributed by atoms with E-state index in [-0.39, 0.29) is 18.1 Å². The molecule has 140 valence electrons. The summed E-state index contributed by atoms with van der Waals surface area (Å²) in [6.07, 6.45) is 0.165. The Morgan fingerprint density at radius 3 is 2.70 bits per heavy atom. The number of oxazole rings is 1. The zero-order valence-electron chi connectivity index (χ0n) is 15.7. The summed E-state index contributed by atoms with van der Waals surface area (Å²) in [4.78, 5) is 17.8. The number of hydrogen-bond acceptors (Lipinski definition) is 5. The molecule has 2 aromatic carbocycles. The van der Waals surface area contributed by atoms with Crippen LogP contribution in [0.4, 0.5) is 5.69 Å². The number of carbonyl (C=O) groups excluding carboxylic acids is 1. The van der Waals surface area contributed by atoms with Crippen molar-refractivity contribution in [1.82, 2.24) is 10.3 Å². The van der Waals surface area contributed by atoms with Gasteiger partial charge in [0, 0.05) is 19.5 Å². The minimum Gasteiger partial charge on any atom is -0.487 e. The largest absolute Gasteiger partial charge is 0.487 e. The van der Waals surface area contributed by atoms with Gasteiger partial charge in [0.25, 0.3) is 0 Å². The van der Waals surface area contributed by atoms with E-state index in [1.165, 1.54) is 6.92 Å². The maximum absolute atomic E-state index is 11.2. The van der Waals surface area contributed by atoms with E-state index in [1.54, 1.807) is 0 Å². The summed E-state index contributed by atoms with van der Waals surface area (Å²) in [6.45, 7) is 7.03. The van der Waals surface area contributed by atoms with Crippen LogP contribution in [-0.4, -0.2) is 30.1 Å². The number of benzene rings is 2. The van der Waals surface area contributed by atoms with Crippen molar-refractivity contribution < 1.29 is 13.9 Å². The van der Waals surface area contributed by atoms with Gasteiger partial charge >= 0.3 is 0 Å². The molecule has 6 nitrogen and oxygen atoms in total. The summed E-state index contributed by atoms with van der Waals surface area (Å²) in [7, 11) is 0. The number of rotatable bonds is 5.